The number of nitrogen functional groups attached to an aromatic ring is 1. The average molecular weight is 431 g/mol. The molecule has 0 bridgehead atoms. The van der Waals surface area contributed by atoms with Gasteiger partial charge in [-0.05, 0) is 29.3 Å². The molecular weight excluding hydrogens is 414 g/mol. The largest absolute Gasteiger partial charge is 0.396 e. The normalized spacial score (nSPS) is 10.5. The van der Waals surface area contributed by atoms with Crippen molar-refractivity contribution in [3.63, 3.8) is 0 Å². The molecule has 0 saturated heterocycles. The quantitative estimate of drug-likeness (QED) is 0.427. The van der Waals surface area contributed by atoms with E-state index in [0.29, 0.717) is 10.8 Å². The number of thiazole rings is 1. The fraction of sp³-hybridized carbons (Fsp3) is 0.0476. The van der Waals surface area contributed by atoms with E-state index in [2.05, 4.69) is 30.6 Å². The third-order valence-electron chi connectivity index (χ3n) is 4.21. The molecule has 4 rings (SSSR count). The summed E-state index contributed by atoms with van der Waals surface area (Å²) in [5.74, 6) is -1.04. The lowest BCUT2D eigenvalue weighted by Gasteiger charge is -2.05. The van der Waals surface area contributed by atoms with Gasteiger partial charge in [-0.3, -0.25) is 14.6 Å². The third-order valence-corrected chi connectivity index (χ3v) is 4.96. The average Bonchev–Trinajstić information content (AvgIpc) is 3.27. The van der Waals surface area contributed by atoms with Crippen LogP contribution in [0.4, 0.5) is 10.8 Å². The van der Waals surface area contributed by atoms with Crippen LogP contribution >= 0.6 is 11.3 Å². The summed E-state index contributed by atoms with van der Waals surface area (Å²) in [7, 11) is 0. The number of amides is 2. The Bertz CT molecular complexity index is 1210. The van der Waals surface area contributed by atoms with Crippen LogP contribution in [0.2, 0.25) is 0 Å². The zero-order chi connectivity index (χ0) is 21.6. The summed E-state index contributed by atoms with van der Waals surface area (Å²) in [6, 6.07) is 11.8. The Kier molecular flexibility index (Phi) is 5.90. The SMILES string of the molecule is Nc1cnc(C(=O)NCC(=O)Nc2nc(-c3cccc(-c4ccncc4)c3)cs2)nc1. The van der Waals surface area contributed by atoms with Gasteiger partial charge in [-0.1, -0.05) is 18.2 Å². The maximum absolute atomic E-state index is 12.2. The Hall–Kier alpha value is -4.18. The maximum Gasteiger partial charge on any atom is 0.289 e. The topological polar surface area (TPSA) is 136 Å². The molecule has 1 aromatic carbocycles. The smallest absolute Gasteiger partial charge is 0.289 e. The van der Waals surface area contributed by atoms with Crippen LogP contribution < -0.4 is 16.4 Å². The Labute approximate surface area is 181 Å². The first-order valence-electron chi connectivity index (χ1n) is 9.20. The molecule has 0 atom stereocenters. The number of rotatable bonds is 6. The van der Waals surface area contributed by atoms with Crippen molar-refractivity contribution in [1.82, 2.24) is 25.3 Å². The predicted molar refractivity (Wildman–Crippen MR) is 118 cm³/mol. The van der Waals surface area contributed by atoms with Crippen LogP contribution in [0.3, 0.4) is 0 Å². The van der Waals surface area contributed by atoms with Crippen molar-refractivity contribution in [2.75, 3.05) is 17.6 Å². The Balaban J connectivity index is 1.37. The van der Waals surface area contributed by atoms with Gasteiger partial charge in [0.1, 0.15) is 0 Å². The highest BCUT2D eigenvalue weighted by Crippen LogP contribution is 2.28. The van der Waals surface area contributed by atoms with Crippen molar-refractivity contribution in [2.24, 2.45) is 0 Å². The summed E-state index contributed by atoms with van der Waals surface area (Å²) in [5, 5.41) is 7.44. The summed E-state index contributed by atoms with van der Waals surface area (Å²) in [6.07, 6.45) is 6.14. The second-order valence-corrected chi connectivity index (χ2v) is 7.28. The molecule has 4 aromatic rings. The van der Waals surface area contributed by atoms with Crippen LogP contribution in [0.1, 0.15) is 10.6 Å². The van der Waals surface area contributed by atoms with Gasteiger partial charge in [-0.15, -0.1) is 11.3 Å². The maximum atomic E-state index is 12.2. The summed E-state index contributed by atoms with van der Waals surface area (Å²) >= 11 is 1.30. The number of benzene rings is 1. The van der Waals surface area contributed by atoms with Crippen LogP contribution in [0, 0.1) is 0 Å². The number of pyridine rings is 1. The van der Waals surface area contributed by atoms with Crippen LogP contribution in [-0.2, 0) is 4.79 Å². The molecule has 0 unspecified atom stereocenters. The van der Waals surface area contributed by atoms with E-state index in [-0.39, 0.29) is 12.4 Å². The van der Waals surface area contributed by atoms with Gasteiger partial charge in [0, 0.05) is 23.3 Å². The van der Waals surface area contributed by atoms with Crippen LogP contribution in [-0.4, -0.2) is 38.3 Å². The molecule has 0 radical (unpaired) electrons. The fourth-order valence-corrected chi connectivity index (χ4v) is 3.46. The minimum Gasteiger partial charge on any atom is -0.396 e. The number of nitrogens with one attached hydrogen (secondary N) is 2. The number of hydrogen-bond donors (Lipinski definition) is 3. The molecule has 154 valence electrons. The molecule has 4 N–H and O–H groups in total. The van der Waals surface area contributed by atoms with Gasteiger partial charge in [0.05, 0.1) is 30.3 Å². The van der Waals surface area contributed by atoms with E-state index < -0.39 is 11.8 Å². The first-order chi connectivity index (χ1) is 15.1. The molecule has 31 heavy (non-hydrogen) atoms. The molecular formula is C21H17N7O2S. The van der Waals surface area contributed by atoms with Gasteiger partial charge in [-0.2, -0.15) is 0 Å². The molecule has 3 aromatic heterocycles. The fourth-order valence-electron chi connectivity index (χ4n) is 2.72. The molecule has 0 spiro atoms. The molecule has 0 saturated carbocycles. The number of carbonyl (C=O) groups is 2. The monoisotopic (exact) mass is 431 g/mol. The zero-order valence-electron chi connectivity index (χ0n) is 16.1. The Morgan fingerprint density at radius 2 is 1.74 bits per heavy atom. The molecule has 2 amide bonds. The highest BCUT2D eigenvalue weighted by molar-refractivity contribution is 7.14. The summed E-state index contributed by atoms with van der Waals surface area (Å²) in [5.41, 5.74) is 9.62. The Morgan fingerprint density at radius 1 is 1.00 bits per heavy atom. The molecule has 0 fully saturated rings. The Morgan fingerprint density at radius 3 is 2.52 bits per heavy atom. The first-order valence-corrected chi connectivity index (χ1v) is 10.1. The van der Waals surface area contributed by atoms with E-state index in [1.54, 1.807) is 12.4 Å². The number of nitrogens with zero attached hydrogens (tertiary/aromatic N) is 4. The summed E-state index contributed by atoms with van der Waals surface area (Å²) in [4.78, 5) is 40.3. The summed E-state index contributed by atoms with van der Waals surface area (Å²) in [6.45, 7) is -0.237. The van der Waals surface area contributed by atoms with E-state index in [0.717, 1.165) is 22.4 Å². The lowest BCUT2D eigenvalue weighted by atomic mass is 10.0. The van der Waals surface area contributed by atoms with Gasteiger partial charge in [0.15, 0.2) is 5.13 Å². The molecule has 0 aliphatic rings. The van der Waals surface area contributed by atoms with Crippen molar-refractivity contribution < 1.29 is 9.59 Å². The lowest BCUT2D eigenvalue weighted by Crippen LogP contribution is -2.33. The van der Waals surface area contributed by atoms with Crippen molar-refractivity contribution in [2.45, 2.75) is 0 Å². The molecule has 0 aliphatic heterocycles. The van der Waals surface area contributed by atoms with E-state index in [9.17, 15) is 9.59 Å². The van der Waals surface area contributed by atoms with Crippen LogP contribution in [0.25, 0.3) is 22.4 Å². The van der Waals surface area contributed by atoms with Crippen molar-refractivity contribution in [3.05, 3.63) is 72.4 Å². The number of hydrogen-bond acceptors (Lipinski definition) is 8. The molecule has 10 heteroatoms. The van der Waals surface area contributed by atoms with Crippen LogP contribution in [0.5, 0.6) is 0 Å². The number of carbonyl (C=O) groups excluding carboxylic acids is 2. The zero-order valence-corrected chi connectivity index (χ0v) is 17.0. The van der Waals surface area contributed by atoms with Crippen LogP contribution in [0.15, 0.2) is 66.6 Å². The van der Waals surface area contributed by atoms with Crippen molar-refractivity contribution in [1.29, 1.82) is 0 Å². The molecule has 9 nitrogen and oxygen atoms in total. The van der Waals surface area contributed by atoms with Gasteiger partial charge in [0.25, 0.3) is 5.91 Å². The summed E-state index contributed by atoms with van der Waals surface area (Å²) < 4.78 is 0. The van der Waals surface area contributed by atoms with E-state index in [1.165, 1.54) is 23.7 Å². The second kappa shape index (κ2) is 9.09. The number of aromatic nitrogens is 4. The van der Waals surface area contributed by atoms with Gasteiger partial charge in [-0.25, -0.2) is 15.0 Å². The predicted octanol–water partition coefficient (Wildman–Crippen LogP) is 2.61. The molecule has 3 heterocycles. The van der Waals surface area contributed by atoms with E-state index in [4.69, 9.17) is 5.73 Å². The van der Waals surface area contributed by atoms with Gasteiger partial charge < -0.3 is 16.4 Å². The lowest BCUT2D eigenvalue weighted by molar-refractivity contribution is -0.115. The standard InChI is InChI=1S/C21H17N7O2S/c22-16-9-24-19(25-10-16)20(30)26-11-18(29)28-21-27-17(12-31-21)15-3-1-2-14(8-15)13-4-6-23-7-5-13/h1-10,12H,11,22H2,(H,26,30)(H,27,28,29). The third kappa shape index (κ3) is 5.06. The van der Waals surface area contributed by atoms with E-state index >= 15 is 0 Å². The highest BCUT2D eigenvalue weighted by Gasteiger charge is 2.13. The molecule has 0 aliphatic carbocycles. The minimum atomic E-state index is -0.567. The van der Waals surface area contributed by atoms with Gasteiger partial charge >= 0.3 is 0 Å². The first kappa shape index (κ1) is 20.1. The highest BCUT2D eigenvalue weighted by atomic mass is 32.1. The number of anilines is 2. The second-order valence-electron chi connectivity index (χ2n) is 6.43. The van der Waals surface area contributed by atoms with E-state index in [1.807, 2.05) is 41.8 Å². The minimum absolute atomic E-state index is 0.0624. The number of nitrogens with two attached hydrogens (primary N) is 1. The van der Waals surface area contributed by atoms with Crippen molar-refractivity contribution >= 4 is 34.0 Å². The van der Waals surface area contributed by atoms with Crippen molar-refractivity contribution in [3.8, 4) is 22.4 Å². The van der Waals surface area contributed by atoms with Gasteiger partial charge in [0.2, 0.25) is 11.7 Å².